The zero-order chi connectivity index (χ0) is 12.8. The first kappa shape index (κ1) is 13.1. The fraction of sp³-hybridized carbons (Fsp3) is 0.250. The molecule has 0 aliphatic heterocycles. The Bertz CT molecular complexity index is 481. The van der Waals surface area contributed by atoms with Gasteiger partial charge in [0.25, 0.3) is 0 Å². The Morgan fingerprint density at radius 1 is 0.944 bits per heavy atom. The van der Waals surface area contributed by atoms with Gasteiger partial charge in [0.05, 0.1) is 0 Å². The molecule has 0 fully saturated rings. The molecule has 1 unspecified atom stereocenters. The molecule has 0 aliphatic carbocycles. The van der Waals surface area contributed by atoms with E-state index in [-0.39, 0.29) is 6.04 Å². The van der Waals surface area contributed by atoms with Crippen molar-refractivity contribution in [2.75, 3.05) is 0 Å². The van der Waals surface area contributed by atoms with Crippen LogP contribution in [-0.4, -0.2) is 0 Å². The average molecular weight is 260 g/mol. The molecule has 18 heavy (non-hydrogen) atoms. The molecule has 0 saturated heterocycles. The van der Waals surface area contributed by atoms with E-state index in [0.717, 1.165) is 24.3 Å². The van der Waals surface area contributed by atoms with Crippen LogP contribution >= 0.6 is 11.6 Å². The quantitative estimate of drug-likeness (QED) is 0.848. The first-order chi connectivity index (χ1) is 8.77. The zero-order valence-corrected chi connectivity index (χ0v) is 11.1. The number of aryl methyl sites for hydroxylation is 1. The van der Waals surface area contributed by atoms with E-state index in [9.17, 15) is 0 Å². The highest BCUT2D eigenvalue weighted by Gasteiger charge is 2.05. The van der Waals surface area contributed by atoms with Crippen LogP contribution in [0.5, 0.6) is 0 Å². The molecule has 94 valence electrons. The highest BCUT2D eigenvalue weighted by Crippen LogP contribution is 2.20. The number of halogens is 1. The topological polar surface area (TPSA) is 26.0 Å². The third kappa shape index (κ3) is 3.59. The van der Waals surface area contributed by atoms with E-state index in [4.69, 9.17) is 17.3 Å². The van der Waals surface area contributed by atoms with E-state index in [2.05, 4.69) is 18.2 Å². The molecule has 0 heterocycles. The number of benzene rings is 2. The molecule has 0 bridgehead atoms. The van der Waals surface area contributed by atoms with Gasteiger partial charge >= 0.3 is 0 Å². The molecule has 0 spiro atoms. The summed E-state index contributed by atoms with van der Waals surface area (Å²) in [6.07, 6.45) is 3.02. The SMILES string of the molecule is NC(CCCc1ccccc1Cl)c1ccccc1. The van der Waals surface area contributed by atoms with E-state index < -0.39 is 0 Å². The number of nitrogens with two attached hydrogens (primary N) is 1. The molecule has 2 heteroatoms. The maximum Gasteiger partial charge on any atom is 0.0437 e. The Morgan fingerprint density at radius 2 is 1.61 bits per heavy atom. The van der Waals surface area contributed by atoms with Crippen LogP contribution in [0, 0.1) is 0 Å². The van der Waals surface area contributed by atoms with Crippen LogP contribution in [0.4, 0.5) is 0 Å². The van der Waals surface area contributed by atoms with Gasteiger partial charge in [-0.2, -0.15) is 0 Å². The van der Waals surface area contributed by atoms with Crippen LogP contribution in [0.25, 0.3) is 0 Å². The second-order valence-electron chi connectivity index (χ2n) is 4.50. The third-order valence-corrected chi connectivity index (χ3v) is 3.52. The minimum atomic E-state index is 0.119. The van der Waals surface area contributed by atoms with Crippen LogP contribution in [0.1, 0.15) is 30.0 Å². The summed E-state index contributed by atoms with van der Waals surface area (Å²) in [5.74, 6) is 0. The van der Waals surface area contributed by atoms with Gasteiger partial charge < -0.3 is 5.73 Å². The van der Waals surface area contributed by atoms with E-state index >= 15 is 0 Å². The lowest BCUT2D eigenvalue weighted by Gasteiger charge is -2.12. The summed E-state index contributed by atoms with van der Waals surface area (Å²) in [7, 11) is 0. The minimum absolute atomic E-state index is 0.119. The summed E-state index contributed by atoms with van der Waals surface area (Å²) in [4.78, 5) is 0. The Hall–Kier alpha value is -1.31. The molecule has 2 aromatic carbocycles. The summed E-state index contributed by atoms with van der Waals surface area (Å²) in [5.41, 5.74) is 8.58. The van der Waals surface area contributed by atoms with E-state index in [1.165, 1.54) is 11.1 Å². The molecule has 2 N–H and O–H groups in total. The smallest absolute Gasteiger partial charge is 0.0437 e. The van der Waals surface area contributed by atoms with E-state index in [1.807, 2.05) is 36.4 Å². The summed E-state index contributed by atoms with van der Waals surface area (Å²) < 4.78 is 0. The minimum Gasteiger partial charge on any atom is -0.324 e. The Morgan fingerprint density at radius 3 is 2.33 bits per heavy atom. The summed E-state index contributed by atoms with van der Waals surface area (Å²) in [6, 6.07) is 18.4. The summed E-state index contributed by atoms with van der Waals surface area (Å²) in [6.45, 7) is 0. The lowest BCUT2D eigenvalue weighted by molar-refractivity contribution is 0.611. The molecular formula is C16H18ClN. The maximum absolute atomic E-state index is 6.16. The second-order valence-corrected chi connectivity index (χ2v) is 4.91. The zero-order valence-electron chi connectivity index (χ0n) is 10.4. The highest BCUT2D eigenvalue weighted by atomic mass is 35.5. The summed E-state index contributed by atoms with van der Waals surface area (Å²) >= 11 is 6.13. The molecule has 0 amide bonds. The van der Waals surface area contributed by atoms with Crippen LogP contribution in [0.2, 0.25) is 5.02 Å². The predicted molar refractivity (Wildman–Crippen MR) is 77.8 cm³/mol. The fourth-order valence-corrected chi connectivity index (χ4v) is 2.31. The Kier molecular flexibility index (Phi) is 4.80. The molecule has 1 nitrogen and oxygen atoms in total. The van der Waals surface area contributed by atoms with Crippen molar-refractivity contribution in [3.63, 3.8) is 0 Å². The monoisotopic (exact) mass is 259 g/mol. The summed E-state index contributed by atoms with van der Waals surface area (Å²) in [5, 5.41) is 0.853. The van der Waals surface area contributed by atoms with Gasteiger partial charge in [-0.05, 0) is 36.5 Å². The number of hydrogen-bond acceptors (Lipinski definition) is 1. The third-order valence-electron chi connectivity index (χ3n) is 3.15. The lowest BCUT2D eigenvalue weighted by Crippen LogP contribution is -2.10. The van der Waals surface area contributed by atoms with E-state index in [1.54, 1.807) is 0 Å². The van der Waals surface area contributed by atoms with Crippen LogP contribution < -0.4 is 5.73 Å². The van der Waals surface area contributed by atoms with Gasteiger partial charge in [0.15, 0.2) is 0 Å². The van der Waals surface area contributed by atoms with E-state index in [0.29, 0.717) is 0 Å². The molecular weight excluding hydrogens is 242 g/mol. The van der Waals surface area contributed by atoms with Gasteiger partial charge in [-0.3, -0.25) is 0 Å². The second kappa shape index (κ2) is 6.58. The highest BCUT2D eigenvalue weighted by molar-refractivity contribution is 6.31. The molecule has 1 atom stereocenters. The van der Waals surface area contributed by atoms with Crippen LogP contribution in [-0.2, 0) is 6.42 Å². The standard InChI is InChI=1S/C16H18ClN/c17-15-11-5-4-7-13(15)10-6-12-16(18)14-8-2-1-3-9-14/h1-5,7-9,11,16H,6,10,12,18H2. The van der Waals surface area contributed by atoms with Crippen LogP contribution in [0.15, 0.2) is 54.6 Å². The van der Waals surface area contributed by atoms with Gasteiger partial charge in [-0.1, -0.05) is 60.1 Å². The molecule has 2 aromatic rings. The van der Waals surface area contributed by atoms with Crippen molar-refractivity contribution in [2.45, 2.75) is 25.3 Å². The maximum atomic E-state index is 6.16. The van der Waals surface area contributed by atoms with Gasteiger partial charge in [0.2, 0.25) is 0 Å². The first-order valence-electron chi connectivity index (χ1n) is 6.31. The van der Waals surface area contributed by atoms with Crippen molar-refractivity contribution in [3.8, 4) is 0 Å². The predicted octanol–water partition coefficient (Wildman–Crippen LogP) is 4.36. The fourth-order valence-electron chi connectivity index (χ4n) is 2.08. The molecule has 0 radical (unpaired) electrons. The van der Waals surface area contributed by atoms with Gasteiger partial charge in [-0.15, -0.1) is 0 Å². The van der Waals surface area contributed by atoms with Crippen molar-refractivity contribution in [2.24, 2.45) is 5.73 Å². The van der Waals surface area contributed by atoms with Crippen molar-refractivity contribution in [1.29, 1.82) is 0 Å². The Labute approximate surface area is 114 Å². The largest absolute Gasteiger partial charge is 0.324 e. The molecule has 2 rings (SSSR count). The van der Waals surface area contributed by atoms with Crippen molar-refractivity contribution in [3.05, 3.63) is 70.7 Å². The Balaban J connectivity index is 1.84. The normalized spacial score (nSPS) is 12.3. The lowest BCUT2D eigenvalue weighted by atomic mass is 10.00. The average Bonchev–Trinajstić information content (AvgIpc) is 2.42. The number of hydrogen-bond donors (Lipinski definition) is 1. The van der Waals surface area contributed by atoms with Crippen molar-refractivity contribution < 1.29 is 0 Å². The van der Waals surface area contributed by atoms with Gasteiger partial charge in [0, 0.05) is 11.1 Å². The van der Waals surface area contributed by atoms with Gasteiger partial charge in [0.1, 0.15) is 0 Å². The number of rotatable bonds is 5. The molecule has 0 aromatic heterocycles. The van der Waals surface area contributed by atoms with Crippen LogP contribution in [0.3, 0.4) is 0 Å². The molecule has 0 aliphatic rings. The van der Waals surface area contributed by atoms with Crippen molar-refractivity contribution >= 4 is 11.6 Å². The first-order valence-corrected chi connectivity index (χ1v) is 6.69. The molecule has 0 saturated carbocycles. The van der Waals surface area contributed by atoms with Crippen molar-refractivity contribution in [1.82, 2.24) is 0 Å². The van der Waals surface area contributed by atoms with Gasteiger partial charge in [-0.25, -0.2) is 0 Å².